The number of aromatic nitrogens is 1. The van der Waals surface area contributed by atoms with Crippen molar-refractivity contribution in [2.75, 3.05) is 56.2 Å². The van der Waals surface area contributed by atoms with Gasteiger partial charge in [-0.3, -0.25) is 14.5 Å². The molecule has 2 saturated heterocycles. The van der Waals surface area contributed by atoms with E-state index in [4.69, 9.17) is 9.47 Å². The second-order valence-electron chi connectivity index (χ2n) is 8.65. The first-order valence-corrected chi connectivity index (χ1v) is 11.9. The minimum Gasteiger partial charge on any atom is -0.459 e. The lowest BCUT2D eigenvalue weighted by atomic mass is 10.1. The Morgan fingerprint density at radius 2 is 1.89 bits per heavy atom. The number of pyridine rings is 1. The standard InChI is InChI=1S/C25H28FN5O6/c1-4-36-24(34)23(33)30-11-9-29(10-12-30)21-8-5-17(14-27-21)19-7-6-18(13-20(19)26)31-15-22(37-25(31)35)28(3)16(2)32/h5-8,13-14,22H,4,9-12,15H2,1-3H3/t22-/m0/s1. The van der Waals surface area contributed by atoms with Crippen molar-refractivity contribution in [3.8, 4) is 11.1 Å². The summed E-state index contributed by atoms with van der Waals surface area (Å²) in [5, 5.41) is 0. The summed E-state index contributed by atoms with van der Waals surface area (Å²) in [5.41, 5.74) is 1.20. The van der Waals surface area contributed by atoms with Crippen LogP contribution in [0.3, 0.4) is 0 Å². The van der Waals surface area contributed by atoms with Gasteiger partial charge in [-0.2, -0.15) is 0 Å². The maximum absolute atomic E-state index is 15.0. The van der Waals surface area contributed by atoms with Crippen molar-refractivity contribution in [1.82, 2.24) is 14.8 Å². The molecule has 0 N–H and O–H groups in total. The first-order valence-electron chi connectivity index (χ1n) is 11.9. The number of ether oxygens (including phenoxy) is 2. The lowest BCUT2D eigenvalue weighted by Gasteiger charge is -2.34. The largest absolute Gasteiger partial charge is 0.459 e. The second kappa shape index (κ2) is 10.8. The first-order chi connectivity index (χ1) is 17.7. The lowest BCUT2D eigenvalue weighted by molar-refractivity contribution is -0.160. The Labute approximate surface area is 213 Å². The molecule has 1 atom stereocenters. The fourth-order valence-electron chi connectivity index (χ4n) is 4.16. The van der Waals surface area contributed by atoms with Gasteiger partial charge in [0.1, 0.15) is 11.6 Å². The average molecular weight is 514 g/mol. The van der Waals surface area contributed by atoms with E-state index < -0.39 is 30.0 Å². The summed E-state index contributed by atoms with van der Waals surface area (Å²) in [6.07, 6.45) is 0.167. The molecule has 0 spiro atoms. The van der Waals surface area contributed by atoms with Gasteiger partial charge in [-0.1, -0.05) is 0 Å². The Hall–Kier alpha value is -4.22. The number of benzene rings is 1. The van der Waals surface area contributed by atoms with Gasteiger partial charge in [-0.15, -0.1) is 0 Å². The van der Waals surface area contributed by atoms with E-state index in [2.05, 4.69) is 4.98 Å². The number of likely N-dealkylation sites (N-methyl/N-ethyl adjacent to an activating group) is 1. The molecule has 2 fully saturated rings. The van der Waals surface area contributed by atoms with Crippen LogP contribution in [0.2, 0.25) is 0 Å². The number of carbonyl (C=O) groups excluding carboxylic acids is 4. The number of amides is 3. The van der Waals surface area contributed by atoms with E-state index >= 15 is 4.39 Å². The number of nitrogens with zero attached hydrogens (tertiary/aromatic N) is 5. The molecule has 0 aliphatic carbocycles. The fraction of sp³-hybridized carbons (Fsp3) is 0.400. The van der Waals surface area contributed by atoms with E-state index in [1.54, 1.807) is 37.4 Å². The van der Waals surface area contributed by atoms with Crippen LogP contribution in [-0.2, 0) is 23.9 Å². The molecule has 12 heteroatoms. The molecule has 1 aromatic heterocycles. The second-order valence-corrected chi connectivity index (χ2v) is 8.65. The summed E-state index contributed by atoms with van der Waals surface area (Å²) < 4.78 is 25.0. The number of hydrogen-bond donors (Lipinski definition) is 0. The van der Waals surface area contributed by atoms with Crippen molar-refractivity contribution in [2.45, 2.75) is 20.1 Å². The summed E-state index contributed by atoms with van der Waals surface area (Å²) >= 11 is 0. The Morgan fingerprint density at radius 1 is 1.16 bits per heavy atom. The molecule has 3 amide bonds. The predicted molar refractivity (Wildman–Crippen MR) is 131 cm³/mol. The van der Waals surface area contributed by atoms with E-state index in [9.17, 15) is 19.2 Å². The van der Waals surface area contributed by atoms with Crippen LogP contribution in [0.15, 0.2) is 36.5 Å². The number of anilines is 2. The van der Waals surface area contributed by atoms with Gasteiger partial charge in [0, 0.05) is 57.5 Å². The van der Waals surface area contributed by atoms with Gasteiger partial charge in [-0.25, -0.2) is 19.0 Å². The Morgan fingerprint density at radius 3 is 2.49 bits per heavy atom. The topological polar surface area (TPSA) is 113 Å². The zero-order valence-electron chi connectivity index (χ0n) is 20.8. The Kier molecular flexibility index (Phi) is 7.55. The number of hydrogen-bond acceptors (Lipinski definition) is 8. The summed E-state index contributed by atoms with van der Waals surface area (Å²) in [6.45, 7) is 4.97. The van der Waals surface area contributed by atoms with Crippen LogP contribution < -0.4 is 9.80 Å². The molecule has 3 heterocycles. The molecule has 2 aliphatic heterocycles. The lowest BCUT2D eigenvalue weighted by Crippen LogP contribution is -2.51. The highest BCUT2D eigenvalue weighted by atomic mass is 19.1. The maximum Gasteiger partial charge on any atom is 0.416 e. The van der Waals surface area contributed by atoms with Gasteiger partial charge in [-0.05, 0) is 37.3 Å². The monoisotopic (exact) mass is 513 g/mol. The molecular formula is C25H28FN5O6. The van der Waals surface area contributed by atoms with E-state index in [-0.39, 0.29) is 19.1 Å². The number of cyclic esters (lactones) is 1. The molecule has 0 saturated carbocycles. The fourth-order valence-corrected chi connectivity index (χ4v) is 4.16. The van der Waals surface area contributed by atoms with Crippen LogP contribution in [0.4, 0.5) is 20.7 Å². The number of carbonyl (C=O) groups is 4. The average Bonchev–Trinajstić information content (AvgIpc) is 3.29. The zero-order valence-corrected chi connectivity index (χ0v) is 20.8. The summed E-state index contributed by atoms with van der Waals surface area (Å²) in [7, 11) is 1.53. The molecule has 4 rings (SSSR count). The highest BCUT2D eigenvalue weighted by Gasteiger charge is 2.36. The van der Waals surface area contributed by atoms with Gasteiger partial charge in [0.05, 0.1) is 18.8 Å². The van der Waals surface area contributed by atoms with Gasteiger partial charge >= 0.3 is 18.0 Å². The van der Waals surface area contributed by atoms with Crippen molar-refractivity contribution >= 4 is 35.4 Å². The van der Waals surface area contributed by atoms with Crippen molar-refractivity contribution in [3.05, 3.63) is 42.3 Å². The van der Waals surface area contributed by atoms with Crippen LogP contribution >= 0.6 is 0 Å². The molecule has 2 aliphatic rings. The van der Waals surface area contributed by atoms with Crippen molar-refractivity contribution in [3.63, 3.8) is 0 Å². The van der Waals surface area contributed by atoms with Crippen molar-refractivity contribution in [2.24, 2.45) is 0 Å². The molecule has 2 aromatic rings. The van der Waals surface area contributed by atoms with E-state index in [0.29, 0.717) is 48.8 Å². The minimum absolute atomic E-state index is 0.0998. The van der Waals surface area contributed by atoms with E-state index in [0.717, 1.165) is 0 Å². The summed E-state index contributed by atoms with van der Waals surface area (Å²) in [6, 6.07) is 7.95. The van der Waals surface area contributed by atoms with Gasteiger partial charge in [0.2, 0.25) is 5.91 Å². The highest BCUT2D eigenvalue weighted by molar-refractivity contribution is 6.32. The summed E-state index contributed by atoms with van der Waals surface area (Å²) in [4.78, 5) is 58.1. The Balaban J connectivity index is 1.40. The third-order valence-electron chi connectivity index (χ3n) is 6.39. The van der Waals surface area contributed by atoms with Crippen LogP contribution in [0, 0.1) is 5.82 Å². The van der Waals surface area contributed by atoms with Gasteiger partial charge < -0.3 is 24.2 Å². The molecule has 37 heavy (non-hydrogen) atoms. The van der Waals surface area contributed by atoms with E-state index in [1.165, 1.54) is 34.7 Å². The first kappa shape index (κ1) is 25.9. The normalized spacial score (nSPS) is 17.5. The molecule has 196 valence electrons. The SMILES string of the molecule is CCOC(=O)C(=O)N1CCN(c2ccc(-c3ccc(N4C[C@@H](N(C)C(C)=O)OC4=O)cc3F)cn2)CC1. The number of rotatable bonds is 5. The van der Waals surface area contributed by atoms with Crippen molar-refractivity contribution in [1.29, 1.82) is 0 Å². The van der Waals surface area contributed by atoms with Gasteiger partial charge in [0.15, 0.2) is 6.23 Å². The summed E-state index contributed by atoms with van der Waals surface area (Å²) in [5.74, 6) is -1.61. The third kappa shape index (κ3) is 5.47. The molecule has 0 radical (unpaired) electrons. The highest BCUT2D eigenvalue weighted by Crippen LogP contribution is 2.30. The quantitative estimate of drug-likeness (QED) is 0.440. The molecule has 0 unspecified atom stereocenters. The van der Waals surface area contributed by atoms with Crippen LogP contribution in [0.25, 0.3) is 11.1 Å². The Bertz CT molecular complexity index is 1200. The molecule has 1 aromatic carbocycles. The smallest absolute Gasteiger partial charge is 0.416 e. The van der Waals surface area contributed by atoms with Crippen LogP contribution in [-0.4, -0.2) is 91.3 Å². The molecular weight excluding hydrogens is 485 g/mol. The number of halogens is 1. The third-order valence-corrected chi connectivity index (χ3v) is 6.39. The number of piperazine rings is 1. The van der Waals surface area contributed by atoms with Crippen LogP contribution in [0.5, 0.6) is 0 Å². The molecule has 11 nitrogen and oxygen atoms in total. The van der Waals surface area contributed by atoms with Gasteiger partial charge in [0.25, 0.3) is 0 Å². The van der Waals surface area contributed by atoms with Crippen molar-refractivity contribution < 1.29 is 33.0 Å². The zero-order chi connectivity index (χ0) is 26.7. The number of esters is 1. The maximum atomic E-state index is 15.0. The van der Waals surface area contributed by atoms with E-state index in [1.807, 2.05) is 4.90 Å². The minimum atomic E-state index is -0.851. The predicted octanol–water partition coefficient (Wildman–Crippen LogP) is 1.86. The van der Waals surface area contributed by atoms with Crippen LogP contribution in [0.1, 0.15) is 13.8 Å². The molecule has 0 bridgehead atoms.